The van der Waals surface area contributed by atoms with Crippen molar-refractivity contribution in [3.8, 4) is 11.5 Å². The van der Waals surface area contributed by atoms with Gasteiger partial charge < -0.3 is 64.9 Å². The van der Waals surface area contributed by atoms with Crippen LogP contribution in [-0.4, -0.2) is 126 Å². The molecule has 0 bridgehead atoms. The molecule has 3 aliphatic rings. The minimum absolute atomic E-state index is 0.134. The van der Waals surface area contributed by atoms with Crippen molar-refractivity contribution >= 4 is 5.78 Å². The summed E-state index contributed by atoms with van der Waals surface area (Å²) in [4.78, 5) is 13.8. The second-order valence-electron chi connectivity index (χ2n) is 10.3. The van der Waals surface area contributed by atoms with Gasteiger partial charge in [-0.2, -0.15) is 0 Å². The van der Waals surface area contributed by atoms with Crippen LogP contribution in [0.25, 0.3) is 0 Å². The van der Waals surface area contributed by atoms with Gasteiger partial charge >= 0.3 is 0 Å². The van der Waals surface area contributed by atoms with Crippen molar-refractivity contribution < 1.29 is 69.7 Å². The Bertz CT molecular complexity index is 1280. The molecule has 1 aliphatic carbocycles. The summed E-state index contributed by atoms with van der Waals surface area (Å²) in [5, 5.41) is 91.7. The molecule has 0 unspecified atom stereocenters. The minimum atomic E-state index is -1.77. The summed E-state index contributed by atoms with van der Waals surface area (Å²) >= 11 is 0. The zero-order valence-electron chi connectivity index (χ0n) is 21.7. The van der Waals surface area contributed by atoms with Gasteiger partial charge in [0.05, 0.1) is 24.3 Å². The lowest BCUT2D eigenvalue weighted by atomic mass is 9.81. The number of carbonyl (C=O) groups excluding carboxylic acids is 1. The highest BCUT2D eigenvalue weighted by atomic mass is 16.7. The van der Waals surface area contributed by atoms with Crippen molar-refractivity contribution in [3.63, 3.8) is 0 Å². The predicted octanol–water partition coefficient (Wildman–Crippen LogP) is -2.67. The highest BCUT2D eigenvalue weighted by molar-refractivity contribution is 6.16. The van der Waals surface area contributed by atoms with E-state index in [4.69, 9.17) is 18.9 Å². The molecule has 2 aromatic carbocycles. The second-order valence-corrected chi connectivity index (χ2v) is 10.3. The number of carbonyl (C=O) groups is 1. The first kappa shape index (κ1) is 29.8. The van der Waals surface area contributed by atoms with E-state index in [1.807, 2.05) is 0 Å². The standard InChI is InChI=1S/C27H32O14/c1-9-5-11-16(12(30)6-9)20(33)17-10(25(11)41-27-24(37)22(35)19(32)15(8-29)40-27)3-2-4-13(17)38-26-23(36)21(34)18(31)14(7-28)39-26/h2-6,14-15,18-19,21-32,34-37H,7-8H2,1H3/t14-,15-,18-,19-,21-,22-,23-,24-,25+,26-,27+/m0/s1. The molecule has 0 spiro atoms. The van der Waals surface area contributed by atoms with Gasteiger partial charge in [-0.25, -0.2) is 0 Å². The third kappa shape index (κ3) is 5.11. The van der Waals surface area contributed by atoms with E-state index in [0.717, 1.165) is 0 Å². The predicted molar refractivity (Wildman–Crippen MR) is 134 cm³/mol. The number of aliphatic hydroxyl groups excluding tert-OH is 8. The van der Waals surface area contributed by atoms with Crippen LogP contribution >= 0.6 is 0 Å². The number of hydrogen-bond acceptors (Lipinski definition) is 14. The minimum Gasteiger partial charge on any atom is -0.507 e. The fourth-order valence-electron chi connectivity index (χ4n) is 5.40. The number of aliphatic hydroxyl groups is 8. The first-order valence-corrected chi connectivity index (χ1v) is 12.9. The lowest BCUT2D eigenvalue weighted by molar-refractivity contribution is -0.309. The summed E-state index contributed by atoms with van der Waals surface area (Å²) in [6, 6.07) is 7.28. The first-order chi connectivity index (χ1) is 19.5. The molecule has 224 valence electrons. The molecule has 0 aromatic heterocycles. The Kier molecular flexibility index (Phi) is 8.35. The van der Waals surface area contributed by atoms with E-state index >= 15 is 0 Å². The Labute approximate surface area is 233 Å². The maximum absolute atomic E-state index is 13.8. The van der Waals surface area contributed by atoms with Gasteiger partial charge in [-0.15, -0.1) is 0 Å². The summed E-state index contributed by atoms with van der Waals surface area (Å²) in [6.07, 6.45) is -17.3. The molecule has 9 N–H and O–H groups in total. The first-order valence-electron chi connectivity index (χ1n) is 12.9. The summed E-state index contributed by atoms with van der Waals surface area (Å²) < 4.78 is 22.8. The number of aryl methyl sites for hydroxylation is 1. The Morgan fingerprint density at radius 3 is 1.95 bits per heavy atom. The van der Waals surface area contributed by atoms with Gasteiger partial charge in [0.2, 0.25) is 12.1 Å². The zero-order valence-corrected chi connectivity index (χ0v) is 21.7. The molecule has 2 aromatic rings. The fourth-order valence-corrected chi connectivity index (χ4v) is 5.40. The number of fused-ring (bicyclic) bond motifs is 2. The Morgan fingerprint density at radius 2 is 1.34 bits per heavy atom. The largest absolute Gasteiger partial charge is 0.507 e. The summed E-state index contributed by atoms with van der Waals surface area (Å²) in [6.45, 7) is 0.272. The van der Waals surface area contributed by atoms with Gasteiger partial charge in [0, 0.05) is 11.1 Å². The second kappa shape index (κ2) is 11.5. The SMILES string of the molecule is Cc1cc(O)c2c(c1)[C@H](O[C@H]1O[C@@H](CO)[C@H](O)[C@H](O)[C@@H]1O)c1cccc(O[C@H]3O[C@@H](CO)[C@H](O)[C@H](O)[C@@H]3O)c1C2=O. The average molecular weight is 581 g/mol. The van der Waals surface area contributed by atoms with Gasteiger partial charge in [0.25, 0.3) is 0 Å². The molecule has 5 rings (SSSR count). The lowest BCUT2D eigenvalue weighted by Crippen LogP contribution is -2.60. The molecule has 2 fully saturated rings. The number of rotatable bonds is 6. The monoisotopic (exact) mass is 580 g/mol. The van der Waals surface area contributed by atoms with Crippen molar-refractivity contribution in [1.29, 1.82) is 0 Å². The van der Waals surface area contributed by atoms with E-state index in [2.05, 4.69) is 0 Å². The van der Waals surface area contributed by atoms with Crippen LogP contribution in [-0.2, 0) is 14.2 Å². The van der Waals surface area contributed by atoms with Crippen molar-refractivity contribution in [2.75, 3.05) is 13.2 Å². The van der Waals surface area contributed by atoms with Crippen molar-refractivity contribution in [3.05, 3.63) is 58.1 Å². The van der Waals surface area contributed by atoms with Gasteiger partial charge in [0.15, 0.2) is 6.29 Å². The van der Waals surface area contributed by atoms with Crippen LogP contribution in [0, 0.1) is 6.92 Å². The van der Waals surface area contributed by atoms with Crippen LogP contribution in [0.3, 0.4) is 0 Å². The van der Waals surface area contributed by atoms with Crippen LogP contribution < -0.4 is 4.74 Å². The number of ketones is 1. The lowest BCUT2D eigenvalue weighted by Gasteiger charge is -2.42. The topological polar surface area (TPSA) is 236 Å². The van der Waals surface area contributed by atoms with E-state index in [-0.39, 0.29) is 33.8 Å². The maximum atomic E-state index is 13.8. The zero-order chi connectivity index (χ0) is 29.7. The number of benzene rings is 2. The molecule has 0 radical (unpaired) electrons. The third-order valence-electron chi connectivity index (χ3n) is 7.58. The Balaban J connectivity index is 1.57. The molecule has 41 heavy (non-hydrogen) atoms. The van der Waals surface area contributed by atoms with E-state index in [1.54, 1.807) is 13.0 Å². The van der Waals surface area contributed by atoms with Gasteiger partial charge in [-0.05, 0) is 24.6 Å². The number of hydrogen-bond donors (Lipinski definition) is 9. The van der Waals surface area contributed by atoms with Crippen molar-refractivity contribution in [2.24, 2.45) is 0 Å². The van der Waals surface area contributed by atoms with E-state index in [0.29, 0.717) is 5.56 Å². The molecule has 0 saturated carbocycles. The Morgan fingerprint density at radius 1 is 0.756 bits per heavy atom. The molecule has 14 heteroatoms. The fraction of sp³-hybridized carbons (Fsp3) is 0.519. The summed E-state index contributed by atoms with van der Waals surface area (Å²) in [5.74, 6) is -1.24. The highest BCUT2D eigenvalue weighted by Gasteiger charge is 2.48. The van der Waals surface area contributed by atoms with Crippen LogP contribution in [0.5, 0.6) is 11.5 Å². The third-order valence-corrected chi connectivity index (χ3v) is 7.58. The van der Waals surface area contributed by atoms with Gasteiger partial charge in [-0.1, -0.05) is 18.2 Å². The average Bonchev–Trinajstić information content (AvgIpc) is 2.94. The highest BCUT2D eigenvalue weighted by Crippen LogP contribution is 2.46. The van der Waals surface area contributed by atoms with Crippen molar-refractivity contribution in [1.82, 2.24) is 0 Å². The molecule has 0 amide bonds. The maximum Gasteiger partial charge on any atom is 0.229 e. The smallest absolute Gasteiger partial charge is 0.229 e. The quantitative estimate of drug-likeness (QED) is 0.170. The molecule has 2 aliphatic heterocycles. The van der Waals surface area contributed by atoms with E-state index in [1.165, 1.54) is 24.3 Å². The van der Waals surface area contributed by atoms with Crippen LogP contribution in [0.1, 0.15) is 38.7 Å². The number of ether oxygens (including phenoxy) is 4. The summed E-state index contributed by atoms with van der Waals surface area (Å²) in [7, 11) is 0. The van der Waals surface area contributed by atoms with E-state index in [9.17, 15) is 50.8 Å². The van der Waals surface area contributed by atoms with Crippen LogP contribution in [0.4, 0.5) is 0 Å². The van der Waals surface area contributed by atoms with Crippen LogP contribution in [0.2, 0.25) is 0 Å². The molecular formula is C27H32O14. The molecule has 2 heterocycles. The van der Waals surface area contributed by atoms with Gasteiger partial charge in [-0.3, -0.25) is 4.79 Å². The summed E-state index contributed by atoms with van der Waals surface area (Å²) in [5.41, 5.74) is 0.635. The van der Waals surface area contributed by atoms with Crippen molar-refractivity contribution in [2.45, 2.75) is 74.4 Å². The number of phenolic OH excluding ortho intramolecular Hbond substituents is 1. The molecule has 11 atom stereocenters. The molecule has 14 nitrogen and oxygen atoms in total. The van der Waals surface area contributed by atoms with Crippen LogP contribution in [0.15, 0.2) is 30.3 Å². The van der Waals surface area contributed by atoms with Gasteiger partial charge in [0.1, 0.15) is 66.4 Å². The Hall–Kier alpha value is -2.73. The number of aromatic hydroxyl groups is 1. The molecular weight excluding hydrogens is 548 g/mol. The molecule has 2 saturated heterocycles. The van der Waals surface area contributed by atoms with E-state index < -0.39 is 86.5 Å². The number of phenols is 1. The normalized spacial score (nSPS) is 36.9.